The first-order chi connectivity index (χ1) is 12.0. The topological polar surface area (TPSA) is 82.4 Å². The molecule has 1 aromatic carbocycles. The number of aliphatic carboxylic acids is 1. The van der Waals surface area contributed by atoms with E-state index in [1.807, 2.05) is 0 Å². The highest BCUT2D eigenvalue weighted by molar-refractivity contribution is 5.64. The van der Waals surface area contributed by atoms with Crippen molar-refractivity contribution in [3.05, 3.63) is 35.4 Å². The van der Waals surface area contributed by atoms with Gasteiger partial charge in [-0.15, -0.1) is 0 Å². The number of nitriles is 1. The van der Waals surface area contributed by atoms with E-state index < -0.39 is 23.0 Å². The van der Waals surface area contributed by atoms with Crippen LogP contribution in [-0.4, -0.2) is 25.5 Å². The Hall–Kier alpha value is -2.04. The molecule has 7 heteroatoms. The van der Waals surface area contributed by atoms with Crippen molar-refractivity contribution in [2.24, 2.45) is 0 Å². The third-order valence-corrected chi connectivity index (χ3v) is 4.41. The lowest BCUT2D eigenvalue weighted by atomic mass is 9.75. The van der Waals surface area contributed by atoms with Crippen LogP contribution in [0, 0.1) is 23.0 Å². The molecular formula is C18H20F2NO4-. The normalized spacial score (nSPS) is 19.8. The van der Waals surface area contributed by atoms with Crippen LogP contribution in [0.25, 0.3) is 0 Å². The van der Waals surface area contributed by atoms with Crippen molar-refractivity contribution in [2.75, 3.05) is 13.2 Å². The van der Waals surface area contributed by atoms with Gasteiger partial charge in [-0.2, -0.15) is 5.26 Å². The van der Waals surface area contributed by atoms with E-state index in [9.17, 15) is 23.9 Å². The van der Waals surface area contributed by atoms with Gasteiger partial charge >= 0.3 is 0 Å². The summed E-state index contributed by atoms with van der Waals surface area (Å²) in [6, 6.07) is 5.24. The number of benzene rings is 1. The third kappa shape index (κ3) is 5.21. The number of hydrogen-bond acceptors (Lipinski definition) is 5. The molecule has 1 heterocycles. The van der Waals surface area contributed by atoms with Crippen LogP contribution in [0.4, 0.5) is 8.78 Å². The lowest BCUT2D eigenvalue weighted by Gasteiger charge is -2.29. The fraction of sp³-hybridized carbons (Fsp3) is 0.556. The molecular weight excluding hydrogens is 332 g/mol. The molecule has 0 bridgehead atoms. The molecule has 1 fully saturated rings. The molecule has 1 saturated heterocycles. The molecule has 2 atom stereocenters. The molecule has 5 nitrogen and oxygen atoms in total. The van der Waals surface area contributed by atoms with Crippen LogP contribution in [0.1, 0.15) is 44.1 Å². The number of carboxylic acid groups (broad SMARTS) is 1. The predicted octanol–water partition coefficient (Wildman–Crippen LogP) is 2.19. The zero-order valence-corrected chi connectivity index (χ0v) is 13.8. The predicted molar refractivity (Wildman–Crippen MR) is 82.1 cm³/mol. The second-order valence-electron chi connectivity index (χ2n) is 6.11. The summed E-state index contributed by atoms with van der Waals surface area (Å²) in [6.07, 6.45) is 2.06. The highest BCUT2D eigenvalue weighted by atomic mass is 19.2. The molecule has 0 aromatic heterocycles. The summed E-state index contributed by atoms with van der Waals surface area (Å²) in [5.41, 5.74) is -1.08. The van der Waals surface area contributed by atoms with Gasteiger partial charge in [-0.25, -0.2) is 8.78 Å². The molecule has 1 aliphatic heterocycles. The molecule has 136 valence electrons. The van der Waals surface area contributed by atoms with E-state index in [4.69, 9.17) is 9.47 Å². The maximum absolute atomic E-state index is 13.6. The van der Waals surface area contributed by atoms with E-state index >= 15 is 0 Å². The first-order valence-corrected chi connectivity index (χ1v) is 8.27. The second kappa shape index (κ2) is 8.88. The summed E-state index contributed by atoms with van der Waals surface area (Å²) < 4.78 is 37.9. The molecule has 0 amide bonds. The zero-order valence-electron chi connectivity index (χ0n) is 13.8. The molecule has 0 radical (unpaired) electrons. The quantitative estimate of drug-likeness (QED) is 0.716. The Balaban J connectivity index is 2.13. The van der Waals surface area contributed by atoms with E-state index in [1.165, 1.54) is 6.07 Å². The minimum atomic E-state index is -1.31. The number of halogens is 2. The first-order valence-electron chi connectivity index (χ1n) is 8.27. The van der Waals surface area contributed by atoms with Crippen LogP contribution in [0.2, 0.25) is 0 Å². The molecule has 1 aromatic rings. The van der Waals surface area contributed by atoms with Gasteiger partial charge in [0.1, 0.15) is 0 Å². The fourth-order valence-electron chi connectivity index (χ4n) is 2.91. The molecule has 0 aliphatic carbocycles. The maximum atomic E-state index is 13.6. The van der Waals surface area contributed by atoms with Crippen molar-refractivity contribution < 1.29 is 28.2 Å². The van der Waals surface area contributed by atoms with E-state index in [1.54, 1.807) is 0 Å². The highest BCUT2D eigenvalue weighted by Crippen LogP contribution is 2.34. The smallest absolute Gasteiger partial charge is 0.159 e. The summed E-state index contributed by atoms with van der Waals surface area (Å²) in [5.74, 6) is -3.41. The third-order valence-electron chi connectivity index (χ3n) is 4.41. The second-order valence-corrected chi connectivity index (χ2v) is 6.11. The van der Waals surface area contributed by atoms with Crippen LogP contribution < -0.4 is 5.11 Å². The lowest BCUT2D eigenvalue weighted by Crippen LogP contribution is -2.32. The number of carbonyl (C=O) groups excluding carboxylic acids is 1. The highest BCUT2D eigenvalue weighted by Gasteiger charge is 2.33. The molecule has 25 heavy (non-hydrogen) atoms. The Morgan fingerprint density at radius 1 is 1.36 bits per heavy atom. The minimum absolute atomic E-state index is 0.0776. The summed E-state index contributed by atoms with van der Waals surface area (Å²) in [4.78, 5) is 10.8. The van der Waals surface area contributed by atoms with Gasteiger partial charge in [0.05, 0.1) is 18.1 Å². The van der Waals surface area contributed by atoms with E-state index in [2.05, 4.69) is 6.07 Å². The maximum Gasteiger partial charge on any atom is 0.159 e. The molecule has 0 saturated carbocycles. The minimum Gasteiger partial charge on any atom is -0.550 e. The first kappa shape index (κ1) is 19.3. The number of nitrogens with zero attached hydrogens (tertiary/aromatic N) is 1. The largest absolute Gasteiger partial charge is 0.550 e. The Morgan fingerprint density at radius 3 is 2.76 bits per heavy atom. The van der Waals surface area contributed by atoms with Gasteiger partial charge in [0, 0.05) is 12.6 Å². The molecule has 1 aliphatic rings. The van der Waals surface area contributed by atoms with Crippen molar-refractivity contribution in [3.63, 3.8) is 0 Å². The monoisotopic (exact) mass is 352 g/mol. The Bertz CT molecular complexity index is 640. The number of hydrogen-bond donors (Lipinski definition) is 0. The zero-order chi connectivity index (χ0) is 18.3. The number of carbonyl (C=O) groups is 1. The molecule has 2 unspecified atom stereocenters. The summed E-state index contributed by atoms with van der Waals surface area (Å²) in [7, 11) is 0. The summed E-state index contributed by atoms with van der Waals surface area (Å²) in [6.45, 7) is 0.756. The molecule has 2 rings (SSSR count). The van der Waals surface area contributed by atoms with Gasteiger partial charge in [0.15, 0.2) is 17.9 Å². The summed E-state index contributed by atoms with van der Waals surface area (Å²) in [5, 5.41) is 20.5. The lowest BCUT2D eigenvalue weighted by molar-refractivity contribution is -0.306. The van der Waals surface area contributed by atoms with Gasteiger partial charge in [0.2, 0.25) is 0 Å². The molecule has 0 N–H and O–H groups in total. The average molecular weight is 352 g/mol. The van der Waals surface area contributed by atoms with Gasteiger partial charge in [-0.1, -0.05) is 6.07 Å². The standard InChI is InChI=1S/C18H21F2NO4/c19-14-5-4-13(11-15(14)20)18(12-21,7-6-16(22)23)8-10-25-17-3-1-2-9-24-17/h4-5,11,17H,1-3,6-10H2,(H,22,23)/p-1. The van der Waals surface area contributed by atoms with Crippen LogP contribution in [0.3, 0.4) is 0 Å². The Kier molecular flexibility index (Phi) is 6.85. The van der Waals surface area contributed by atoms with Crippen molar-refractivity contribution in [3.8, 4) is 6.07 Å². The van der Waals surface area contributed by atoms with Crippen molar-refractivity contribution in [2.45, 2.75) is 50.2 Å². The summed E-state index contributed by atoms with van der Waals surface area (Å²) >= 11 is 0. The van der Waals surface area contributed by atoms with Crippen LogP contribution in [0.5, 0.6) is 0 Å². The van der Waals surface area contributed by atoms with E-state index in [0.29, 0.717) is 6.61 Å². The van der Waals surface area contributed by atoms with Crippen LogP contribution in [0.15, 0.2) is 18.2 Å². The van der Waals surface area contributed by atoms with Crippen molar-refractivity contribution >= 4 is 5.97 Å². The fourth-order valence-corrected chi connectivity index (χ4v) is 2.91. The van der Waals surface area contributed by atoms with Crippen molar-refractivity contribution in [1.29, 1.82) is 5.26 Å². The molecule has 0 spiro atoms. The van der Waals surface area contributed by atoms with Gasteiger partial charge in [-0.05, 0) is 56.2 Å². The van der Waals surface area contributed by atoms with Gasteiger partial charge < -0.3 is 19.4 Å². The van der Waals surface area contributed by atoms with Gasteiger partial charge in [-0.3, -0.25) is 0 Å². The SMILES string of the molecule is N#CC(CCOC1CCCCO1)(CCC(=O)[O-])c1ccc(F)c(F)c1. The van der Waals surface area contributed by atoms with Gasteiger partial charge in [0.25, 0.3) is 0 Å². The number of ether oxygens (including phenoxy) is 2. The Labute approximate surface area is 145 Å². The van der Waals surface area contributed by atoms with Crippen LogP contribution in [-0.2, 0) is 19.7 Å². The van der Waals surface area contributed by atoms with Crippen molar-refractivity contribution in [1.82, 2.24) is 0 Å². The Morgan fingerprint density at radius 2 is 2.16 bits per heavy atom. The van der Waals surface area contributed by atoms with E-state index in [-0.39, 0.29) is 37.7 Å². The van der Waals surface area contributed by atoms with Crippen LogP contribution >= 0.6 is 0 Å². The number of carboxylic acids is 1. The number of rotatable bonds is 8. The average Bonchev–Trinajstić information content (AvgIpc) is 2.61. The van der Waals surface area contributed by atoms with E-state index in [0.717, 1.165) is 31.4 Å².